The van der Waals surface area contributed by atoms with Crippen molar-refractivity contribution in [2.45, 2.75) is 26.3 Å². The van der Waals surface area contributed by atoms with Crippen molar-refractivity contribution in [1.82, 2.24) is 0 Å². The highest BCUT2D eigenvalue weighted by atomic mass is 35.5. The zero-order valence-corrected chi connectivity index (χ0v) is 14.1. The van der Waals surface area contributed by atoms with Crippen LogP contribution in [0.5, 0.6) is 11.5 Å². The molecule has 0 saturated carbocycles. The highest BCUT2D eigenvalue weighted by Crippen LogP contribution is 2.30. The maximum atomic E-state index is 12.4. The average Bonchev–Trinajstić information content (AvgIpc) is 2.50. The third kappa shape index (κ3) is 5.56. The SMILES string of the molecule is Cc1cc(Cl)ccc1OC(C)C(=O)Nc1ccccc1OC(F)(F)F. The third-order valence-corrected chi connectivity index (χ3v) is 3.42. The molecular weight excluding hydrogens is 359 g/mol. The smallest absolute Gasteiger partial charge is 0.481 e. The van der Waals surface area contributed by atoms with Gasteiger partial charge in [0.1, 0.15) is 5.75 Å². The van der Waals surface area contributed by atoms with Crippen molar-refractivity contribution in [2.75, 3.05) is 5.32 Å². The molecule has 0 saturated heterocycles. The molecule has 0 fully saturated rings. The number of alkyl halides is 3. The zero-order valence-electron chi connectivity index (χ0n) is 13.4. The Kier molecular flexibility index (Phi) is 5.79. The van der Waals surface area contributed by atoms with Crippen molar-refractivity contribution in [2.24, 2.45) is 0 Å². The van der Waals surface area contributed by atoms with Crippen molar-refractivity contribution in [1.29, 1.82) is 0 Å². The van der Waals surface area contributed by atoms with Gasteiger partial charge in [0.15, 0.2) is 11.9 Å². The van der Waals surface area contributed by atoms with E-state index in [4.69, 9.17) is 16.3 Å². The first-order chi connectivity index (χ1) is 11.7. The van der Waals surface area contributed by atoms with Crippen molar-refractivity contribution in [3.8, 4) is 11.5 Å². The van der Waals surface area contributed by atoms with Crippen LogP contribution < -0.4 is 14.8 Å². The Balaban J connectivity index is 2.09. The Labute approximate surface area is 147 Å². The predicted molar refractivity (Wildman–Crippen MR) is 88.0 cm³/mol. The number of amides is 1. The summed E-state index contributed by atoms with van der Waals surface area (Å²) in [6, 6.07) is 10.2. The van der Waals surface area contributed by atoms with Gasteiger partial charge < -0.3 is 14.8 Å². The molecule has 8 heteroatoms. The van der Waals surface area contributed by atoms with Crippen LogP contribution in [0.15, 0.2) is 42.5 Å². The normalized spacial score (nSPS) is 12.4. The first-order valence-electron chi connectivity index (χ1n) is 7.24. The van der Waals surface area contributed by atoms with Crippen LogP contribution >= 0.6 is 11.6 Å². The van der Waals surface area contributed by atoms with Crippen molar-refractivity contribution >= 4 is 23.2 Å². The van der Waals surface area contributed by atoms with E-state index < -0.39 is 24.1 Å². The molecule has 134 valence electrons. The van der Waals surface area contributed by atoms with Crippen LogP contribution in [0.2, 0.25) is 5.02 Å². The number of hydrogen-bond donors (Lipinski definition) is 1. The molecule has 2 rings (SSSR count). The summed E-state index contributed by atoms with van der Waals surface area (Å²) in [7, 11) is 0. The lowest BCUT2D eigenvalue weighted by Crippen LogP contribution is -2.30. The Morgan fingerprint density at radius 2 is 1.84 bits per heavy atom. The van der Waals surface area contributed by atoms with E-state index in [2.05, 4.69) is 10.1 Å². The van der Waals surface area contributed by atoms with E-state index in [0.717, 1.165) is 11.6 Å². The average molecular weight is 374 g/mol. The highest BCUT2D eigenvalue weighted by molar-refractivity contribution is 6.30. The van der Waals surface area contributed by atoms with Crippen LogP contribution in [0.1, 0.15) is 12.5 Å². The van der Waals surface area contributed by atoms with E-state index in [9.17, 15) is 18.0 Å². The summed E-state index contributed by atoms with van der Waals surface area (Å²) in [6.07, 6.45) is -5.80. The number of rotatable bonds is 5. The summed E-state index contributed by atoms with van der Waals surface area (Å²) in [6.45, 7) is 3.24. The number of hydrogen-bond acceptors (Lipinski definition) is 3. The standard InChI is InChI=1S/C17H15ClF3NO3/c1-10-9-12(18)7-8-14(10)24-11(2)16(23)22-13-5-3-4-6-15(13)25-17(19,20)21/h3-9,11H,1-2H3,(H,22,23). The maximum absolute atomic E-state index is 12.4. The molecule has 0 heterocycles. The summed E-state index contributed by atoms with van der Waals surface area (Å²) >= 11 is 5.85. The number of carbonyl (C=O) groups is 1. The fourth-order valence-corrected chi connectivity index (χ4v) is 2.23. The van der Waals surface area contributed by atoms with E-state index >= 15 is 0 Å². The molecule has 1 unspecified atom stereocenters. The topological polar surface area (TPSA) is 47.6 Å². The molecule has 2 aromatic rings. The minimum atomic E-state index is -4.86. The predicted octanol–water partition coefficient (Wildman–Crippen LogP) is 4.95. The molecule has 0 aliphatic rings. The second kappa shape index (κ2) is 7.65. The minimum absolute atomic E-state index is 0.104. The quantitative estimate of drug-likeness (QED) is 0.806. The molecule has 25 heavy (non-hydrogen) atoms. The van der Waals surface area contributed by atoms with E-state index in [-0.39, 0.29) is 5.69 Å². The van der Waals surface area contributed by atoms with Gasteiger partial charge in [-0.3, -0.25) is 4.79 Å². The number of anilines is 1. The molecule has 0 aliphatic carbocycles. The lowest BCUT2D eigenvalue weighted by molar-refractivity contribution is -0.274. The number of benzene rings is 2. The lowest BCUT2D eigenvalue weighted by atomic mass is 10.2. The summed E-state index contributed by atoms with van der Waals surface area (Å²) in [5.74, 6) is -0.669. The van der Waals surface area contributed by atoms with Gasteiger partial charge in [-0.05, 0) is 49.7 Å². The molecule has 1 N–H and O–H groups in total. The Morgan fingerprint density at radius 1 is 1.16 bits per heavy atom. The van der Waals surface area contributed by atoms with Crippen LogP contribution in [0.4, 0.5) is 18.9 Å². The van der Waals surface area contributed by atoms with Crippen molar-refractivity contribution in [3.05, 3.63) is 53.1 Å². The van der Waals surface area contributed by atoms with Gasteiger partial charge in [-0.1, -0.05) is 23.7 Å². The van der Waals surface area contributed by atoms with Gasteiger partial charge in [-0.15, -0.1) is 13.2 Å². The molecule has 0 aromatic heterocycles. The van der Waals surface area contributed by atoms with Crippen molar-refractivity contribution < 1.29 is 27.4 Å². The zero-order chi connectivity index (χ0) is 18.6. The molecular formula is C17H15ClF3NO3. The van der Waals surface area contributed by atoms with Gasteiger partial charge in [0, 0.05) is 5.02 Å². The van der Waals surface area contributed by atoms with Gasteiger partial charge in [0.2, 0.25) is 0 Å². The second-order valence-corrected chi connectivity index (χ2v) is 5.64. The molecule has 0 spiro atoms. The Morgan fingerprint density at radius 3 is 2.48 bits per heavy atom. The second-order valence-electron chi connectivity index (χ2n) is 5.20. The fourth-order valence-electron chi connectivity index (χ4n) is 2.01. The molecule has 1 amide bonds. The molecule has 0 aliphatic heterocycles. The number of halogens is 4. The lowest BCUT2D eigenvalue weighted by Gasteiger charge is -2.18. The van der Waals surface area contributed by atoms with E-state index in [0.29, 0.717) is 10.8 Å². The van der Waals surface area contributed by atoms with E-state index in [1.165, 1.54) is 25.1 Å². The van der Waals surface area contributed by atoms with Gasteiger partial charge in [-0.2, -0.15) is 0 Å². The fraction of sp³-hybridized carbons (Fsp3) is 0.235. The molecule has 0 bridgehead atoms. The number of carbonyl (C=O) groups excluding carboxylic acids is 1. The van der Waals surface area contributed by atoms with Crippen LogP contribution in [0.3, 0.4) is 0 Å². The number of aryl methyl sites for hydroxylation is 1. The summed E-state index contributed by atoms with van der Waals surface area (Å²) in [5.41, 5.74) is 0.626. The Bertz CT molecular complexity index is 765. The molecule has 2 aromatic carbocycles. The summed E-state index contributed by atoms with van der Waals surface area (Å²) in [4.78, 5) is 12.2. The van der Waals surface area contributed by atoms with Gasteiger partial charge in [0.25, 0.3) is 5.91 Å². The number of para-hydroxylation sites is 2. The van der Waals surface area contributed by atoms with Crippen LogP contribution in [0, 0.1) is 6.92 Å². The van der Waals surface area contributed by atoms with Crippen LogP contribution in [0.25, 0.3) is 0 Å². The minimum Gasteiger partial charge on any atom is -0.481 e. The highest BCUT2D eigenvalue weighted by Gasteiger charge is 2.32. The van der Waals surface area contributed by atoms with Gasteiger partial charge >= 0.3 is 6.36 Å². The largest absolute Gasteiger partial charge is 0.573 e. The van der Waals surface area contributed by atoms with E-state index in [1.54, 1.807) is 25.1 Å². The number of nitrogens with one attached hydrogen (secondary N) is 1. The maximum Gasteiger partial charge on any atom is 0.573 e. The molecule has 4 nitrogen and oxygen atoms in total. The summed E-state index contributed by atoms with van der Waals surface area (Å²) in [5, 5.41) is 2.90. The van der Waals surface area contributed by atoms with E-state index in [1.807, 2.05) is 0 Å². The molecule has 0 radical (unpaired) electrons. The van der Waals surface area contributed by atoms with Crippen LogP contribution in [-0.4, -0.2) is 18.4 Å². The number of ether oxygens (including phenoxy) is 2. The first-order valence-corrected chi connectivity index (χ1v) is 7.62. The summed E-state index contributed by atoms with van der Waals surface area (Å²) < 4.78 is 46.7. The molecule has 1 atom stereocenters. The third-order valence-electron chi connectivity index (χ3n) is 3.18. The first kappa shape index (κ1) is 18.9. The monoisotopic (exact) mass is 373 g/mol. The van der Waals surface area contributed by atoms with Gasteiger partial charge in [-0.25, -0.2) is 0 Å². The van der Waals surface area contributed by atoms with Crippen LogP contribution in [-0.2, 0) is 4.79 Å². The van der Waals surface area contributed by atoms with Gasteiger partial charge in [0.05, 0.1) is 5.69 Å². The van der Waals surface area contributed by atoms with Crippen molar-refractivity contribution in [3.63, 3.8) is 0 Å². The Hall–Kier alpha value is -2.41.